The number of hydrogen-bond donors (Lipinski definition) is 1. The Morgan fingerprint density at radius 1 is 1.09 bits per heavy atom. The van der Waals surface area contributed by atoms with Crippen molar-refractivity contribution >= 4 is 0 Å². The second-order valence-corrected chi connectivity index (χ2v) is 7.01. The van der Waals surface area contributed by atoms with Gasteiger partial charge in [-0.3, -0.25) is 0 Å². The van der Waals surface area contributed by atoms with Gasteiger partial charge in [0.2, 0.25) is 0 Å². The topological polar surface area (TPSA) is 29.5 Å². The maximum atomic E-state index is 14.4. The van der Waals surface area contributed by atoms with Crippen molar-refractivity contribution < 1.29 is 14.2 Å². The van der Waals surface area contributed by atoms with Gasteiger partial charge >= 0.3 is 0 Å². The Morgan fingerprint density at radius 2 is 1.78 bits per heavy atom. The molecule has 0 aliphatic rings. The normalized spacial score (nSPS) is 13.0. The Hall–Kier alpha value is -1.87. The van der Waals surface area contributed by atoms with Gasteiger partial charge in [-0.05, 0) is 46.2 Å². The summed E-state index contributed by atoms with van der Waals surface area (Å²) in [5.74, 6) is 0.557. The molecule has 0 saturated heterocycles. The van der Waals surface area contributed by atoms with Gasteiger partial charge in [0.05, 0.1) is 13.7 Å². The molecule has 0 fully saturated rings. The first-order valence-electron chi connectivity index (χ1n) is 7.85. The molecule has 0 spiro atoms. The lowest BCUT2D eigenvalue weighted by atomic mass is 9.75. The highest BCUT2D eigenvalue weighted by Gasteiger charge is 2.25. The molecule has 0 aromatic heterocycles. The molecule has 23 heavy (non-hydrogen) atoms. The van der Waals surface area contributed by atoms with Crippen LogP contribution in [0.2, 0.25) is 0 Å². The predicted molar refractivity (Wildman–Crippen MR) is 92.2 cm³/mol. The molecule has 124 valence electrons. The summed E-state index contributed by atoms with van der Waals surface area (Å²) in [6, 6.07) is 10.5. The van der Waals surface area contributed by atoms with E-state index in [1.807, 2.05) is 18.2 Å². The minimum absolute atomic E-state index is 0.0231. The third-order valence-corrected chi connectivity index (χ3v) is 4.53. The number of aliphatic hydroxyl groups is 1. The zero-order chi connectivity index (χ0) is 17.2. The maximum Gasteiger partial charge on any atom is 0.131 e. The molecule has 2 rings (SSSR count). The summed E-state index contributed by atoms with van der Waals surface area (Å²) in [5, 5.41) is 9.45. The largest absolute Gasteiger partial charge is 0.497 e. The molecule has 2 aromatic carbocycles. The van der Waals surface area contributed by atoms with Crippen LogP contribution in [0.1, 0.15) is 44.7 Å². The lowest BCUT2D eigenvalue weighted by Gasteiger charge is -2.30. The maximum absolute atomic E-state index is 14.4. The van der Waals surface area contributed by atoms with E-state index in [4.69, 9.17) is 4.74 Å². The summed E-state index contributed by atoms with van der Waals surface area (Å²) in [6.07, 6.45) is 0. The van der Waals surface area contributed by atoms with E-state index in [1.54, 1.807) is 19.2 Å². The molecule has 0 radical (unpaired) electrons. The SMILES string of the molecule is COc1ccc(F)c(-c2ccc(CO)cc2C(C)C(C)(C)C)c1. The highest BCUT2D eigenvalue weighted by atomic mass is 19.1. The van der Waals surface area contributed by atoms with Crippen LogP contribution in [0.25, 0.3) is 11.1 Å². The molecule has 1 unspecified atom stereocenters. The number of benzene rings is 2. The van der Waals surface area contributed by atoms with Crippen molar-refractivity contribution in [2.75, 3.05) is 7.11 Å². The van der Waals surface area contributed by atoms with Crippen molar-refractivity contribution in [2.24, 2.45) is 5.41 Å². The van der Waals surface area contributed by atoms with E-state index < -0.39 is 0 Å². The first-order valence-corrected chi connectivity index (χ1v) is 7.85. The van der Waals surface area contributed by atoms with Crippen molar-refractivity contribution in [2.45, 2.75) is 40.2 Å². The molecule has 0 heterocycles. The molecule has 0 amide bonds. The standard InChI is InChI=1S/C20H25FO2/c1-13(20(2,3)4)17-10-14(12-22)6-8-16(17)18-11-15(23-5)7-9-19(18)21/h6-11,13,22H,12H2,1-5H3. The minimum Gasteiger partial charge on any atom is -0.497 e. The van der Waals surface area contributed by atoms with Crippen LogP contribution in [0.15, 0.2) is 36.4 Å². The van der Waals surface area contributed by atoms with Crippen LogP contribution >= 0.6 is 0 Å². The van der Waals surface area contributed by atoms with Gasteiger partial charge in [0.25, 0.3) is 0 Å². The number of rotatable bonds is 4. The van der Waals surface area contributed by atoms with Crippen molar-refractivity contribution in [3.8, 4) is 16.9 Å². The van der Waals surface area contributed by atoms with Gasteiger partial charge in [-0.1, -0.05) is 45.9 Å². The predicted octanol–water partition coefficient (Wildman–Crippen LogP) is 5.14. The highest BCUT2D eigenvalue weighted by molar-refractivity contribution is 5.70. The summed E-state index contributed by atoms with van der Waals surface area (Å²) in [5.41, 5.74) is 3.28. The van der Waals surface area contributed by atoms with E-state index in [0.717, 1.165) is 16.7 Å². The monoisotopic (exact) mass is 316 g/mol. The zero-order valence-electron chi connectivity index (χ0n) is 14.5. The Morgan fingerprint density at radius 3 is 2.35 bits per heavy atom. The van der Waals surface area contributed by atoms with E-state index >= 15 is 0 Å². The second kappa shape index (κ2) is 6.71. The number of aliphatic hydroxyl groups excluding tert-OH is 1. The summed E-state index contributed by atoms with van der Waals surface area (Å²) in [7, 11) is 1.57. The molecule has 0 bridgehead atoms. The molecule has 2 aromatic rings. The fourth-order valence-corrected chi connectivity index (χ4v) is 2.62. The molecular formula is C20H25FO2. The smallest absolute Gasteiger partial charge is 0.131 e. The summed E-state index contributed by atoms with van der Waals surface area (Å²) < 4.78 is 19.6. The van der Waals surface area contributed by atoms with Gasteiger partial charge in [0, 0.05) is 5.56 Å². The van der Waals surface area contributed by atoms with Gasteiger partial charge in [0.15, 0.2) is 0 Å². The zero-order valence-corrected chi connectivity index (χ0v) is 14.5. The van der Waals surface area contributed by atoms with Crippen LogP contribution in [0.4, 0.5) is 4.39 Å². The van der Waals surface area contributed by atoms with E-state index in [2.05, 4.69) is 27.7 Å². The first-order chi connectivity index (χ1) is 10.8. The summed E-state index contributed by atoms with van der Waals surface area (Å²) >= 11 is 0. The highest BCUT2D eigenvalue weighted by Crippen LogP contribution is 2.41. The third-order valence-electron chi connectivity index (χ3n) is 4.53. The van der Waals surface area contributed by atoms with Crippen LogP contribution < -0.4 is 4.74 Å². The fraction of sp³-hybridized carbons (Fsp3) is 0.400. The number of methoxy groups -OCH3 is 1. The average molecular weight is 316 g/mol. The van der Waals surface area contributed by atoms with Gasteiger partial charge in [0.1, 0.15) is 11.6 Å². The van der Waals surface area contributed by atoms with Gasteiger partial charge in [-0.2, -0.15) is 0 Å². The minimum atomic E-state index is -0.273. The van der Waals surface area contributed by atoms with E-state index in [1.165, 1.54) is 6.07 Å². The molecular weight excluding hydrogens is 291 g/mol. The van der Waals surface area contributed by atoms with Crippen molar-refractivity contribution in [3.63, 3.8) is 0 Å². The first kappa shape index (κ1) is 17.5. The lowest BCUT2D eigenvalue weighted by molar-refractivity contribution is 0.281. The molecule has 2 nitrogen and oxygen atoms in total. The van der Waals surface area contributed by atoms with Crippen molar-refractivity contribution in [1.29, 1.82) is 0 Å². The molecule has 0 saturated carbocycles. The van der Waals surface area contributed by atoms with Crippen molar-refractivity contribution in [3.05, 3.63) is 53.3 Å². The number of ether oxygens (including phenoxy) is 1. The summed E-state index contributed by atoms with van der Waals surface area (Å²) in [4.78, 5) is 0. The quantitative estimate of drug-likeness (QED) is 0.846. The Labute approximate surface area is 137 Å². The molecule has 3 heteroatoms. The molecule has 1 atom stereocenters. The van der Waals surface area contributed by atoms with Crippen LogP contribution in [0, 0.1) is 11.2 Å². The number of halogens is 1. The van der Waals surface area contributed by atoms with Crippen LogP contribution in [0.5, 0.6) is 5.75 Å². The Kier molecular flexibility index (Phi) is 5.10. The molecule has 1 N–H and O–H groups in total. The van der Waals surface area contributed by atoms with E-state index in [-0.39, 0.29) is 23.8 Å². The van der Waals surface area contributed by atoms with Gasteiger partial charge in [-0.25, -0.2) is 4.39 Å². The van der Waals surface area contributed by atoms with Crippen LogP contribution in [-0.4, -0.2) is 12.2 Å². The lowest BCUT2D eigenvalue weighted by Crippen LogP contribution is -2.16. The van der Waals surface area contributed by atoms with Gasteiger partial charge < -0.3 is 9.84 Å². The molecule has 0 aliphatic carbocycles. The van der Waals surface area contributed by atoms with Crippen molar-refractivity contribution in [1.82, 2.24) is 0 Å². The average Bonchev–Trinajstić information content (AvgIpc) is 2.53. The van der Waals surface area contributed by atoms with E-state index in [0.29, 0.717) is 11.3 Å². The van der Waals surface area contributed by atoms with Crippen LogP contribution in [0.3, 0.4) is 0 Å². The number of hydrogen-bond acceptors (Lipinski definition) is 2. The van der Waals surface area contributed by atoms with Gasteiger partial charge in [-0.15, -0.1) is 0 Å². The van der Waals surface area contributed by atoms with E-state index in [9.17, 15) is 9.50 Å². The van der Waals surface area contributed by atoms with Crippen LogP contribution in [-0.2, 0) is 6.61 Å². The second-order valence-electron chi connectivity index (χ2n) is 7.01. The summed E-state index contributed by atoms with van der Waals surface area (Å²) in [6.45, 7) is 8.60. The Bertz CT molecular complexity index is 687. The molecule has 0 aliphatic heterocycles. The third kappa shape index (κ3) is 3.73. The Balaban J connectivity index is 2.67. The fourth-order valence-electron chi connectivity index (χ4n) is 2.62.